The summed E-state index contributed by atoms with van der Waals surface area (Å²) in [6.07, 6.45) is 0. The Morgan fingerprint density at radius 1 is 0.296 bits per heavy atom. The summed E-state index contributed by atoms with van der Waals surface area (Å²) in [5.41, 5.74) is 30.8. The number of anilines is 3. The SMILES string of the molecule is [2H]C([2H])([2H])c1cc(-c2ccccc2)cc(-c2ccc3c(c2)B2c4ccc(-n5c6ccc(C(C)(C)C)cc6c6cc(C(C)(C)C)ccc65)cc4N(c4c(-c5cccc6oc7ccccc7c56)cc(C(C)(C)C)cc4-c4cccc5c4c4ccccc4n5-c4cccc(C(C)(C)C)c4)c4cc(-c5cc(C(C)(C)C)cc(C(C)(C)C)c5)cc(c42)O3)c1. The number of para-hydroxylation sites is 2. The molecule has 0 saturated carbocycles. The fourth-order valence-electron chi connectivity index (χ4n) is 18.3. The molecule has 17 aromatic rings. The zero-order valence-electron chi connectivity index (χ0n) is 72.7. The quantitative estimate of drug-likeness (QED) is 0.142. The van der Waals surface area contributed by atoms with Crippen LogP contribution in [0.25, 0.3) is 133 Å². The van der Waals surface area contributed by atoms with Gasteiger partial charge >= 0.3 is 0 Å². The van der Waals surface area contributed by atoms with Crippen molar-refractivity contribution in [1.29, 1.82) is 0 Å². The van der Waals surface area contributed by atoms with Crippen molar-refractivity contribution in [1.82, 2.24) is 9.13 Å². The van der Waals surface area contributed by atoms with Gasteiger partial charge in [-0.05, 0) is 248 Å². The van der Waals surface area contributed by atoms with Crippen LogP contribution in [0.2, 0.25) is 0 Å². The maximum Gasteiger partial charge on any atom is 0.256 e. The lowest BCUT2D eigenvalue weighted by atomic mass is 9.34. The van der Waals surface area contributed by atoms with Crippen molar-refractivity contribution < 1.29 is 13.3 Å². The van der Waals surface area contributed by atoms with E-state index in [1.807, 2.05) is 30.3 Å². The summed E-state index contributed by atoms with van der Waals surface area (Å²) < 4.78 is 46.8. The third kappa shape index (κ3) is 12.3. The first-order valence-electron chi connectivity index (χ1n) is 42.5. The van der Waals surface area contributed by atoms with Crippen LogP contribution in [0, 0.1) is 6.85 Å². The minimum atomic E-state index is -2.38. The highest BCUT2D eigenvalue weighted by atomic mass is 16.5. The Kier molecular flexibility index (Phi) is 15.8. The Bertz CT molecular complexity index is 6920. The standard InChI is InChI=1S/C109H102BN3O2/c1-65-50-68(66-30-21-20-22-31-66)52-69(51-65)67-42-49-97-89(55-67)110-88-46-45-79(111-91-47-43-73(105(5,6)7)60-84(91)85-61-74(106(8,9)10)44-48-92(85)111)64-94(88)113(95-56-71(57-99(115-97)102(95)110)70-53-75(107(11,12)13)58-76(54-70)108(14,15)16)103-86(62-77(109(17,18)19)63-87(103)81-37-29-41-98-101(81)83-35-24-26-40-96(83)114-98)80-36-28-39-93-100(80)82-34-23-25-38-90(82)112(93)78-33-27-32-72(59-78)104(2,3)4/h20-64H,1-19H3/i1D3. The molecule has 0 atom stereocenters. The molecular formula is C109H102BN3O2. The molecule has 5 heterocycles. The second-order valence-electron chi connectivity index (χ2n) is 38.8. The lowest BCUT2D eigenvalue weighted by Gasteiger charge is -2.42. The molecule has 115 heavy (non-hydrogen) atoms. The summed E-state index contributed by atoms with van der Waals surface area (Å²) in [4.78, 5) is 2.67. The second-order valence-corrected chi connectivity index (χ2v) is 38.8. The van der Waals surface area contributed by atoms with Crippen LogP contribution < -0.4 is 26.0 Å². The molecule has 0 N–H and O–H groups in total. The Morgan fingerprint density at radius 2 is 0.817 bits per heavy atom. The van der Waals surface area contributed by atoms with Gasteiger partial charge in [-0.15, -0.1) is 0 Å². The number of fused-ring (bicyclic) bond motifs is 13. The summed E-state index contributed by atoms with van der Waals surface area (Å²) in [7, 11) is 0. The zero-order chi connectivity index (χ0) is 82.6. The van der Waals surface area contributed by atoms with Crippen LogP contribution >= 0.6 is 0 Å². The van der Waals surface area contributed by atoms with Crippen LogP contribution in [-0.2, 0) is 32.5 Å². The summed E-state index contributed by atoms with van der Waals surface area (Å²) in [6.45, 7) is 39.0. The van der Waals surface area contributed by atoms with E-state index >= 15 is 0 Å². The topological polar surface area (TPSA) is 35.5 Å². The Labute approximate surface area is 683 Å². The fraction of sp³-hybridized carbons (Fsp3) is 0.229. The lowest BCUT2D eigenvalue weighted by Crippen LogP contribution is -2.59. The first-order valence-corrected chi connectivity index (χ1v) is 41.0. The zero-order valence-corrected chi connectivity index (χ0v) is 69.7. The van der Waals surface area contributed by atoms with Gasteiger partial charge in [-0.1, -0.05) is 288 Å². The first kappa shape index (κ1) is 69.8. The number of hydrogen-bond acceptors (Lipinski definition) is 3. The van der Waals surface area contributed by atoms with Crippen molar-refractivity contribution in [2.75, 3.05) is 4.90 Å². The molecule has 0 saturated heterocycles. The predicted octanol–water partition coefficient (Wildman–Crippen LogP) is 28.6. The summed E-state index contributed by atoms with van der Waals surface area (Å²) >= 11 is 0. The second kappa shape index (κ2) is 26.1. The molecule has 2 aliphatic rings. The van der Waals surface area contributed by atoms with Gasteiger partial charge in [-0.25, -0.2) is 0 Å². The molecule has 0 aliphatic carbocycles. The van der Waals surface area contributed by atoms with E-state index in [1.54, 1.807) is 0 Å². The van der Waals surface area contributed by atoms with E-state index in [2.05, 4.69) is 381 Å². The highest BCUT2D eigenvalue weighted by molar-refractivity contribution is 6.99. The van der Waals surface area contributed by atoms with Crippen molar-refractivity contribution in [3.05, 3.63) is 312 Å². The predicted molar refractivity (Wildman–Crippen MR) is 492 cm³/mol. The normalized spacial score (nSPS) is 13.9. The van der Waals surface area contributed by atoms with Gasteiger partial charge in [0.05, 0.1) is 27.8 Å². The van der Waals surface area contributed by atoms with E-state index in [0.717, 1.165) is 167 Å². The van der Waals surface area contributed by atoms with Crippen molar-refractivity contribution in [2.24, 2.45) is 0 Å². The highest BCUT2D eigenvalue weighted by Crippen LogP contribution is 2.56. The molecule has 568 valence electrons. The average Bonchev–Trinajstić information content (AvgIpc) is 0.872. The molecular weight excluding hydrogens is 1390 g/mol. The molecule has 3 aromatic heterocycles. The van der Waals surface area contributed by atoms with Gasteiger partial charge < -0.3 is 23.2 Å². The van der Waals surface area contributed by atoms with E-state index in [9.17, 15) is 0 Å². The summed E-state index contributed by atoms with van der Waals surface area (Å²) in [5.74, 6) is 1.50. The Morgan fingerprint density at radius 3 is 1.47 bits per heavy atom. The van der Waals surface area contributed by atoms with E-state index in [-0.39, 0.29) is 38.1 Å². The minimum Gasteiger partial charge on any atom is -0.458 e. The van der Waals surface area contributed by atoms with E-state index in [4.69, 9.17) is 13.3 Å². The largest absolute Gasteiger partial charge is 0.458 e. The van der Waals surface area contributed by atoms with Crippen LogP contribution in [-0.4, -0.2) is 15.8 Å². The maximum atomic E-state index is 8.97. The number of aryl methyl sites for hydroxylation is 1. The fourth-order valence-corrected chi connectivity index (χ4v) is 18.3. The van der Waals surface area contributed by atoms with E-state index < -0.39 is 13.6 Å². The Hall–Kier alpha value is -11.9. The number of furan rings is 1. The summed E-state index contributed by atoms with van der Waals surface area (Å²) in [5, 5.41) is 6.79. The van der Waals surface area contributed by atoms with Crippen molar-refractivity contribution in [3.63, 3.8) is 0 Å². The number of aromatic nitrogens is 2. The molecule has 2 aliphatic heterocycles. The number of benzene rings is 14. The molecule has 0 bridgehead atoms. The first-order chi connectivity index (χ1) is 55.9. The van der Waals surface area contributed by atoms with Crippen molar-refractivity contribution in [3.8, 4) is 78.5 Å². The van der Waals surface area contributed by atoms with Crippen molar-refractivity contribution >= 4 is 106 Å². The average molecular weight is 1500 g/mol. The maximum absolute atomic E-state index is 8.97. The van der Waals surface area contributed by atoms with Gasteiger partial charge in [0.15, 0.2) is 0 Å². The van der Waals surface area contributed by atoms with Gasteiger partial charge in [0, 0.05) is 70.3 Å². The molecule has 0 radical (unpaired) electrons. The van der Waals surface area contributed by atoms with Crippen LogP contribution in [0.3, 0.4) is 0 Å². The Balaban J connectivity index is 1.00. The smallest absolute Gasteiger partial charge is 0.256 e. The van der Waals surface area contributed by atoms with Crippen molar-refractivity contribution in [2.45, 2.75) is 164 Å². The third-order valence-electron chi connectivity index (χ3n) is 24.7. The molecule has 0 fully saturated rings. The number of nitrogens with zero attached hydrogens (tertiary/aromatic N) is 3. The van der Waals surface area contributed by atoms with Crippen LogP contribution in [0.15, 0.2) is 277 Å². The van der Waals surface area contributed by atoms with E-state index in [0.29, 0.717) is 0 Å². The van der Waals surface area contributed by atoms with Gasteiger partial charge in [-0.3, -0.25) is 0 Å². The molecule has 5 nitrogen and oxygen atoms in total. The summed E-state index contributed by atoms with van der Waals surface area (Å²) in [6, 6.07) is 102. The third-order valence-corrected chi connectivity index (χ3v) is 24.7. The number of ether oxygens (including phenoxy) is 1. The van der Waals surface area contributed by atoms with Gasteiger partial charge in [0.1, 0.15) is 22.7 Å². The number of rotatable bonds is 8. The highest BCUT2D eigenvalue weighted by Gasteiger charge is 2.45. The van der Waals surface area contributed by atoms with Gasteiger partial charge in [0.25, 0.3) is 6.71 Å². The molecule has 0 amide bonds. The molecule has 0 unspecified atom stereocenters. The molecule has 0 spiro atoms. The number of hydrogen-bond donors (Lipinski definition) is 0. The molecule has 6 heteroatoms. The van der Waals surface area contributed by atoms with E-state index in [1.165, 1.54) is 44.2 Å². The molecule has 14 aromatic carbocycles. The monoisotopic (exact) mass is 1500 g/mol. The lowest BCUT2D eigenvalue weighted by molar-refractivity contribution is 0.488. The van der Waals surface area contributed by atoms with Crippen LogP contribution in [0.4, 0.5) is 17.1 Å². The molecule has 19 rings (SSSR count). The minimum absolute atomic E-state index is 0.103. The van der Waals surface area contributed by atoms with Crippen LogP contribution in [0.1, 0.15) is 168 Å². The van der Waals surface area contributed by atoms with Gasteiger partial charge in [0.2, 0.25) is 0 Å². The van der Waals surface area contributed by atoms with Crippen LogP contribution in [0.5, 0.6) is 11.5 Å². The van der Waals surface area contributed by atoms with Gasteiger partial charge in [-0.2, -0.15) is 0 Å².